The molecule has 2 heterocycles. The Morgan fingerprint density at radius 2 is 0.978 bits per heavy atom. The van der Waals surface area contributed by atoms with Crippen molar-refractivity contribution in [2.45, 2.75) is 88.1 Å². The number of aliphatic hydroxyl groups is 6. The van der Waals surface area contributed by atoms with E-state index in [-0.39, 0.29) is 34.8 Å². The molecule has 0 radical (unpaired) electrons. The van der Waals surface area contributed by atoms with E-state index < -0.39 is 73.4 Å². The van der Waals surface area contributed by atoms with Crippen LogP contribution in [0.3, 0.4) is 0 Å². The summed E-state index contributed by atoms with van der Waals surface area (Å²) in [6, 6.07) is 8.95. The number of phenols is 2. The second-order valence-electron chi connectivity index (χ2n) is 11.7. The van der Waals surface area contributed by atoms with Gasteiger partial charge in [0.05, 0.1) is 0 Å². The van der Waals surface area contributed by atoms with Gasteiger partial charge in [-0.2, -0.15) is 0 Å². The fraction of sp³-hybridized carbons (Fsp3) is 0.533. The average molecular weight is 655 g/mol. The summed E-state index contributed by atoms with van der Waals surface area (Å²) in [6.45, 7) is 3.96. The summed E-state index contributed by atoms with van der Waals surface area (Å²) in [6.07, 6.45) is -17.1. The standard InChI is InChI=1S/C30H38O16/c1-11(7-13-3-5-17(15(31)9-13)43-29-23(37)19(33)21(35)25(45-29)27(39)40)12(2)8-14-4-6-18(16(32)10-14)44-30-24(38)20(34)22(36)26(46-30)28(41)42/h3-6,9-12,19-26,29-38H,7-8H2,1-2H3,(H,39,40)(H,41,42). The third-order valence-corrected chi connectivity index (χ3v) is 8.25. The number of rotatable bonds is 11. The highest BCUT2D eigenvalue weighted by Crippen LogP contribution is 2.35. The molecule has 254 valence electrons. The molecule has 16 nitrogen and oxygen atoms in total. The van der Waals surface area contributed by atoms with Gasteiger partial charge in [0.1, 0.15) is 36.6 Å². The second kappa shape index (κ2) is 14.4. The molecule has 12 atom stereocenters. The summed E-state index contributed by atoms with van der Waals surface area (Å²) < 4.78 is 21.0. The van der Waals surface area contributed by atoms with Crippen LogP contribution in [0.1, 0.15) is 25.0 Å². The van der Waals surface area contributed by atoms with Crippen LogP contribution in [-0.4, -0.2) is 124 Å². The molecule has 46 heavy (non-hydrogen) atoms. The Kier molecular flexibility index (Phi) is 11.0. The molecular formula is C30H38O16. The Morgan fingerprint density at radius 3 is 1.28 bits per heavy atom. The molecule has 2 saturated heterocycles. The van der Waals surface area contributed by atoms with Gasteiger partial charge in [-0.3, -0.25) is 0 Å². The van der Waals surface area contributed by atoms with Crippen molar-refractivity contribution >= 4 is 11.9 Å². The molecule has 2 aliphatic heterocycles. The van der Waals surface area contributed by atoms with Crippen LogP contribution in [0.2, 0.25) is 0 Å². The first-order valence-corrected chi connectivity index (χ1v) is 14.4. The Hall–Kier alpha value is -3.74. The first-order valence-electron chi connectivity index (χ1n) is 14.4. The third kappa shape index (κ3) is 7.62. The Labute approximate surface area is 262 Å². The Bertz CT molecular complexity index is 1280. The molecule has 2 aliphatic rings. The van der Waals surface area contributed by atoms with Gasteiger partial charge in [-0.15, -0.1) is 0 Å². The Morgan fingerprint density at radius 1 is 0.630 bits per heavy atom. The van der Waals surface area contributed by atoms with Crippen molar-refractivity contribution in [1.82, 2.24) is 0 Å². The number of aromatic hydroxyl groups is 2. The maximum absolute atomic E-state index is 11.3. The molecule has 0 aromatic heterocycles. The Balaban J connectivity index is 1.34. The van der Waals surface area contributed by atoms with Crippen molar-refractivity contribution < 1.29 is 79.6 Å². The monoisotopic (exact) mass is 654 g/mol. The third-order valence-electron chi connectivity index (χ3n) is 8.25. The van der Waals surface area contributed by atoms with E-state index in [0.717, 1.165) is 11.1 Å². The van der Waals surface area contributed by atoms with Gasteiger partial charge in [-0.1, -0.05) is 26.0 Å². The molecule has 0 amide bonds. The summed E-state index contributed by atoms with van der Waals surface area (Å²) in [5.41, 5.74) is 1.44. The lowest BCUT2D eigenvalue weighted by Crippen LogP contribution is -2.61. The normalized spacial score (nSPS) is 32.7. The first-order chi connectivity index (χ1) is 21.6. The maximum Gasteiger partial charge on any atom is 0.335 e. The zero-order valence-electron chi connectivity index (χ0n) is 24.7. The number of benzene rings is 2. The lowest BCUT2D eigenvalue weighted by Gasteiger charge is -2.38. The van der Waals surface area contributed by atoms with Crippen molar-refractivity contribution in [2.24, 2.45) is 11.8 Å². The predicted octanol–water partition coefficient (Wildman–Crippen LogP) is -1.30. The van der Waals surface area contributed by atoms with E-state index in [1.807, 2.05) is 13.8 Å². The van der Waals surface area contributed by atoms with E-state index in [1.165, 1.54) is 24.3 Å². The molecule has 16 heteroatoms. The summed E-state index contributed by atoms with van der Waals surface area (Å²) in [7, 11) is 0. The molecule has 0 bridgehead atoms. The van der Waals surface area contributed by atoms with Gasteiger partial charge in [0.25, 0.3) is 0 Å². The van der Waals surface area contributed by atoms with Crippen LogP contribution in [0, 0.1) is 11.8 Å². The highest BCUT2D eigenvalue weighted by Gasteiger charge is 2.49. The molecule has 4 rings (SSSR count). The van der Waals surface area contributed by atoms with Crippen molar-refractivity contribution in [3.05, 3.63) is 47.5 Å². The van der Waals surface area contributed by atoms with Crippen molar-refractivity contribution in [3.63, 3.8) is 0 Å². The number of aliphatic carboxylic acids is 2. The van der Waals surface area contributed by atoms with Crippen LogP contribution in [0.15, 0.2) is 36.4 Å². The van der Waals surface area contributed by atoms with Gasteiger partial charge in [0, 0.05) is 0 Å². The van der Waals surface area contributed by atoms with E-state index in [0.29, 0.717) is 12.8 Å². The van der Waals surface area contributed by atoms with Gasteiger partial charge in [-0.05, 0) is 60.1 Å². The van der Waals surface area contributed by atoms with Crippen LogP contribution >= 0.6 is 0 Å². The van der Waals surface area contributed by atoms with Crippen LogP contribution in [0.5, 0.6) is 23.0 Å². The van der Waals surface area contributed by atoms with Gasteiger partial charge in [-0.25, -0.2) is 9.59 Å². The lowest BCUT2D eigenvalue weighted by molar-refractivity contribution is -0.271. The summed E-state index contributed by atoms with van der Waals surface area (Å²) in [4.78, 5) is 22.6. The highest BCUT2D eigenvalue weighted by atomic mass is 16.7. The number of phenolic OH excluding ortho intramolecular Hbond substituents is 2. The van der Waals surface area contributed by atoms with Crippen molar-refractivity contribution in [3.8, 4) is 23.0 Å². The fourth-order valence-corrected chi connectivity index (χ4v) is 5.27. The largest absolute Gasteiger partial charge is 0.504 e. The fourth-order valence-electron chi connectivity index (χ4n) is 5.27. The van der Waals surface area contributed by atoms with Gasteiger partial charge >= 0.3 is 11.9 Å². The van der Waals surface area contributed by atoms with Gasteiger partial charge in [0.2, 0.25) is 12.6 Å². The molecule has 0 aliphatic carbocycles. The molecule has 2 fully saturated rings. The van der Waals surface area contributed by atoms with Crippen LogP contribution in [-0.2, 0) is 31.9 Å². The van der Waals surface area contributed by atoms with Crippen LogP contribution in [0.4, 0.5) is 0 Å². The summed E-state index contributed by atoms with van der Waals surface area (Å²) in [5, 5.41) is 99.4. The van der Waals surface area contributed by atoms with Crippen molar-refractivity contribution in [2.75, 3.05) is 0 Å². The zero-order valence-corrected chi connectivity index (χ0v) is 24.7. The lowest BCUT2D eigenvalue weighted by atomic mass is 9.85. The maximum atomic E-state index is 11.3. The average Bonchev–Trinajstić information content (AvgIpc) is 2.99. The molecule has 12 unspecified atom stereocenters. The zero-order chi connectivity index (χ0) is 34.0. The minimum atomic E-state index is -1.88. The van der Waals surface area contributed by atoms with E-state index in [2.05, 4.69) is 0 Å². The second-order valence-corrected chi connectivity index (χ2v) is 11.7. The quantitative estimate of drug-likeness (QED) is 0.135. The predicted molar refractivity (Wildman–Crippen MR) is 152 cm³/mol. The molecular weight excluding hydrogens is 616 g/mol. The first kappa shape index (κ1) is 35.1. The van der Waals surface area contributed by atoms with E-state index in [4.69, 9.17) is 18.9 Å². The number of carbonyl (C=O) groups is 2. The minimum absolute atomic E-state index is 0.0485. The van der Waals surface area contributed by atoms with Crippen molar-refractivity contribution in [1.29, 1.82) is 0 Å². The molecule has 2 aromatic carbocycles. The number of carboxylic acid groups (broad SMARTS) is 2. The molecule has 10 N–H and O–H groups in total. The van der Waals surface area contributed by atoms with Gasteiger partial charge < -0.3 is 70.0 Å². The van der Waals surface area contributed by atoms with Gasteiger partial charge in [0.15, 0.2) is 35.2 Å². The van der Waals surface area contributed by atoms with Crippen LogP contribution < -0.4 is 9.47 Å². The molecule has 2 aromatic rings. The van der Waals surface area contributed by atoms with E-state index in [9.17, 15) is 60.7 Å². The number of hydrogen-bond acceptors (Lipinski definition) is 14. The molecule has 0 spiro atoms. The smallest absolute Gasteiger partial charge is 0.335 e. The number of ether oxygens (including phenoxy) is 4. The summed E-state index contributed by atoms with van der Waals surface area (Å²) in [5.74, 6) is -3.99. The minimum Gasteiger partial charge on any atom is -0.504 e. The summed E-state index contributed by atoms with van der Waals surface area (Å²) >= 11 is 0. The topological polar surface area (TPSA) is 273 Å². The highest BCUT2D eigenvalue weighted by molar-refractivity contribution is 5.74. The molecule has 0 saturated carbocycles. The number of hydrogen-bond donors (Lipinski definition) is 10. The van der Waals surface area contributed by atoms with Crippen LogP contribution in [0.25, 0.3) is 0 Å². The van der Waals surface area contributed by atoms with E-state index in [1.54, 1.807) is 12.1 Å². The van der Waals surface area contributed by atoms with E-state index >= 15 is 0 Å². The number of aliphatic hydroxyl groups excluding tert-OH is 6. The SMILES string of the molecule is CC(Cc1ccc(OC2OC(C(=O)O)C(O)C(O)C2O)c(O)c1)C(C)Cc1ccc(OC2OC(C(=O)O)C(O)C(O)C2O)c(O)c1. The number of carboxylic acids is 2.